The maximum atomic E-state index is 10.9. The Kier molecular flexibility index (Phi) is 4.85. The van der Waals surface area contributed by atoms with Crippen LogP contribution in [0.2, 0.25) is 0 Å². The largest absolute Gasteiger partial charge is 0.324 e. The van der Waals surface area contributed by atoms with Crippen molar-refractivity contribution >= 4 is 5.69 Å². The molecule has 0 aliphatic carbocycles. The van der Waals surface area contributed by atoms with E-state index in [-0.39, 0.29) is 16.7 Å². The highest BCUT2D eigenvalue weighted by molar-refractivity contribution is 5.39. The Morgan fingerprint density at radius 1 is 1.05 bits per heavy atom. The van der Waals surface area contributed by atoms with E-state index in [2.05, 4.69) is 0 Å². The fraction of sp³-hybridized carbons (Fsp3) is 0.250. The first-order valence-electron chi connectivity index (χ1n) is 6.71. The summed E-state index contributed by atoms with van der Waals surface area (Å²) in [5.41, 5.74) is 8.20. The zero-order valence-electron chi connectivity index (χ0n) is 11.2. The fourth-order valence-electron chi connectivity index (χ4n) is 2.28. The summed E-state index contributed by atoms with van der Waals surface area (Å²) < 4.78 is 0. The normalized spacial score (nSPS) is 12.1. The summed E-state index contributed by atoms with van der Waals surface area (Å²) in [6.45, 7) is 0. The van der Waals surface area contributed by atoms with Crippen molar-refractivity contribution in [2.24, 2.45) is 5.73 Å². The zero-order valence-corrected chi connectivity index (χ0v) is 11.2. The number of nitrogens with zero attached hydrogens (tertiary/aromatic N) is 1. The van der Waals surface area contributed by atoms with Crippen molar-refractivity contribution in [3.05, 3.63) is 75.8 Å². The van der Waals surface area contributed by atoms with Crippen molar-refractivity contribution in [1.29, 1.82) is 0 Å². The average Bonchev–Trinajstić information content (AvgIpc) is 2.48. The van der Waals surface area contributed by atoms with Gasteiger partial charge in [0.1, 0.15) is 0 Å². The van der Waals surface area contributed by atoms with Gasteiger partial charge in [0.25, 0.3) is 5.69 Å². The van der Waals surface area contributed by atoms with Crippen molar-refractivity contribution in [1.82, 2.24) is 0 Å². The van der Waals surface area contributed by atoms with Gasteiger partial charge in [0, 0.05) is 17.7 Å². The van der Waals surface area contributed by atoms with Crippen LogP contribution in [0.3, 0.4) is 0 Å². The first kappa shape index (κ1) is 14.2. The Labute approximate surface area is 118 Å². The van der Waals surface area contributed by atoms with E-state index in [1.807, 2.05) is 42.5 Å². The van der Waals surface area contributed by atoms with Crippen molar-refractivity contribution in [2.45, 2.75) is 25.3 Å². The predicted octanol–water partition coefficient (Wildman–Crippen LogP) is 3.62. The van der Waals surface area contributed by atoms with E-state index in [1.54, 1.807) is 12.1 Å². The van der Waals surface area contributed by atoms with Gasteiger partial charge in [-0.3, -0.25) is 10.1 Å². The Bertz CT molecular complexity index is 570. The highest BCUT2D eigenvalue weighted by atomic mass is 16.6. The number of nitrogens with two attached hydrogens (primary N) is 1. The number of nitro groups is 1. The van der Waals surface area contributed by atoms with Crippen LogP contribution in [0.5, 0.6) is 0 Å². The van der Waals surface area contributed by atoms with E-state index < -0.39 is 0 Å². The van der Waals surface area contributed by atoms with Crippen LogP contribution in [0, 0.1) is 10.1 Å². The molecule has 0 spiro atoms. The van der Waals surface area contributed by atoms with Gasteiger partial charge in [-0.2, -0.15) is 0 Å². The minimum Gasteiger partial charge on any atom is -0.324 e. The number of para-hydroxylation sites is 1. The van der Waals surface area contributed by atoms with E-state index in [9.17, 15) is 10.1 Å². The van der Waals surface area contributed by atoms with Gasteiger partial charge in [-0.05, 0) is 24.8 Å². The topological polar surface area (TPSA) is 69.2 Å². The molecular weight excluding hydrogens is 252 g/mol. The van der Waals surface area contributed by atoms with E-state index in [4.69, 9.17) is 5.73 Å². The molecule has 2 rings (SSSR count). The standard InChI is InChI=1S/C16H18N2O2/c17-15(13-7-2-1-3-8-13)11-6-10-14-9-4-5-12-16(14)18(19)20/h1-5,7-9,12,15H,6,10-11,17H2. The molecule has 0 bridgehead atoms. The lowest BCUT2D eigenvalue weighted by molar-refractivity contribution is -0.385. The highest BCUT2D eigenvalue weighted by Crippen LogP contribution is 2.22. The first-order chi connectivity index (χ1) is 9.68. The van der Waals surface area contributed by atoms with Gasteiger partial charge in [0.15, 0.2) is 0 Å². The molecular formula is C16H18N2O2. The second-order valence-electron chi connectivity index (χ2n) is 4.80. The van der Waals surface area contributed by atoms with Gasteiger partial charge in [-0.15, -0.1) is 0 Å². The summed E-state index contributed by atoms with van der Waals surface area (Å²) in [4.78, 5) is 10.6. The van der Waals surface area contributed by atoms with Crippen LogP contribution in [0.15, 0.2) is 54.6 Å². The molecule has 0 radical (unpaired) electrons. The molecule has 0 heterocycles. The van der Waals surface area contributed by atoms with Crippen molar-refractivity contribution in [3.63, 3.8) is 0 Å². The molecule has 0 aliphatic heterocycles. The Balaban J connectivity index is 1.92. The third kappa shape index (κ3) is 3.65. The third-order valence-corrected chi connectivity index (χ3v) is 3.38. The van der Waals surface area contributed by atoms with Crippen LogP contribution < -0.4 is 5.73 Å². The highest BCUT2D eigenvalue weighted by Gasteiger charge is 2.12. The summed E-state index contributed by atoms with van der Waals surface area (Å²) in [6, 6.07) is 16.8. The third-order valence-electron chi connectivity index (χ3n) is 3.38. The summed E-state index contributed by atoms with van der Waals surface area (Å²) >= 11 is 0. The zero-order chi connectivity index (χ0) is 14.4. The quantitative estimate of drug-likeness (QED) is 0.643. The number of rotatable bonds is 6. The van der Waals surface area contributed by atoms with E-state index in [0.717, 1.165) is 24.0 Å². The summed E-state index contributed by atoms with van der Waals surface area (Å²) in [6.07, 6.45) is 2.33. The fourth-order valence-corrected chi connectivity index (χ4v) is 2.28. The molecule has 0 aliphatic rings. The molecule has 20 heavy (non-hydrogen) atoms. The Morgan fingerprint density at radius 2 is 1.70 bits per heavy atom. The molecule has 2 aromatic carbocycles. The van der Waals surface area contributed by atoms with Gasteiger partial charge < -0.3 is 5.73 Å². The van der Waals surface area contributed by atoms with Crippen LogP contribution in [0.4, 0.5) is 5.69 Å². The molecule has 1 atom stereocenters. The molecule has 0 aromatic heterocycles. The van der Waals surface area contributed by atoms with Crippen molar-refractivity contribution in [2.75, 3.05) is 0 Å². The lowest BCUT2D eigenvalue weighted by Crippen LogP contribution is -2.10. The van der Waals surface area contributed by atoms with Gasteiger partial charge in [0.2, 0.25) is 0 Å². The molecule has 2 aromatic rings. The van der Waals surface area contributed by atoms with Crippen molar-refractivity contribution < 1.29 is 4.92 Å². The summed E-state index contributed by atoms with van der Waals surface area (Å²) in [5, 5.41) is 10.9. The Hall–Kier alpha value is -2.20. The molecule has 0 saturated carbocycles. The Morgan fingerprint density at radius 3 is 2.40 bits per heavy atom. The second kappa shape index (κ2) is 6.82. The second-order valence-corrected chi connectivity index (χ2v) is 4.80. The SMILES string of the molecule is NC(CCCc1ccccc1[N+](=O)[O-])c1ccccc1. The first-order valence-corrected chi connectivity index (χ1v) is 6.71. The van der Waals surface area contributed by atoms with Crippen LogP contribution in [0.1, 0.15) is 30.0 Å². The minimum absolute atomic E-state index is 0.0148. The number of aryl methyl sites for hydroxylation is 1. The predicted molar refractivity (Wildman–Crippen MR) is 79.4 cm³/mol. The van der Waals surface area contributed by atoms with Gasteiger partial charge >= 0.3 is 0 Å². The van der Waals surface area contributed by atoms with E-state index in [1.165, 1.54) is 0 Å². The molecule has 0 saturated heterocycles. The maximum absolute atomic E-state index is 10.9. The lowest BCUT2D eigenvalue weighted by Gasteiger charge is -2.11. The van der Waals surface area contributed by atoms with Crippen LogP contribution in [0.25, 0.3) is 0 Å². The number of benzene rings is 2. The average molecular weight is 270 g/mol. The van der Waals surface area contributed by atoms with Crippen molar-refractivity contribution in [3.8, 4) is 0 Å². The minimum atomic E-state index is -0.327. The van der Waals surface area contributed by atoms with Crippen LogP contribution >= 0.6 is 0 Å². The molecule has 4 heteroatoms. The smallest absolute Gasteiger partial charge is 0.272 e. The number of nitro benzene ring substituents is 1. The molecule has 1 unspecified atom stereocenters. The van der Waals surface area contributed by atoms with Crippen LogP contribution in [-0.4, -0.2) is 4.92 Å². The van der Waals surface area contributed by atoms with E-state index >= 15 is 0 Å². The molecule has 0 amide bonds. The summed E-state index contributed by atoms with van der Waals surface area (Å²) in [5.74, 6) is 0. The monoisotopic (exact) mass is 270 g/mol. The summed E-state index contributed by atoms with van der Waals surface area (Å²) in [7, 11) is 0. The van der Waals surface area contributed by atoms with Gasteiger partial charge in [-0.1, -0.05) is 48.5 Å². The lowest BCUT2D eigenvalue weighted by atomic mass is 9.99. The number of hydrogen-bond donors (Lipinski definition) is 1. The van der Waals surface area contributed by atoms with Gasteiger partial charge in [-0.25, -0.2) is 0 Å². The molecule has 4 nitrogen and oxygen atoms in total. The maximum Gasteiger partial charge on any atom is 0.272 e. The molecule has 0 fully saturated rings. The van der Waals surface area contributed by atoms with Gasteiger partial charge in [0.05, 0.1) is 4.92 Å². The van der Waals surface area contributed by atoms with E-state index in [0.29, 0.717) is 6.42 Å². The number of hydrogen-bond acceptors (Lipinski definition) is 3. The molecule has 104 valence electrons. The molecule has 2 N–H and O–H groups in total. The van der Waals surface area contributed by atoms with Crippen LogP contribution in [-0.2, 0) is 6.42 Å².